The van der Waals surface area contributed by atoms with Gasteiger partial charge in [0.1, 0.15) is 0 Å². The van der Waals surface area contributed by atoms with E-state index in [2.05, 4.69) is 10.6 Å². The first-order chi connectivity index (χ1) is 8.74. The number of hydrogen-bond donors (Lipinski definition) is 2. The summed E-state index contributed by atoms with van der Waals surface area (Å²) in [5, 5.41) is 6.14. The summed E-state index contributed by atoms with van der Waals surface area (Å²) < 4.78 is 0. The van der Waals surface area contributed by atoms with E-state index in [9.17, 15) is 4.79 Å². The summed E-state index contributed by atoms with van der Waals surface area (Å²) in [4.78, 5) is 11.7. The lowest BCUT2D eigenvalue weighted by Gasteiger charge is -2.10. The molecular formula is C14H20N2OS. The van der Waals surface area contributed by atoms with Crippen molar-refractivity contribution in [1.82, 2.24) is 5.32 Å². The van der Waals surface area contributed by atoms with Crippen molar-refractivity contribution < 1.29 is 4.79 Å². The number of carbonyl (C=O) groups excluding carboxylic acids is 1. The zero-order valence-electron chi connectivity index (χ0n) is 10.7. The van der Waals surface area contributed by atoms with Crippen LogP contribution in [0, 0.1) is 12.8 Å². The third-order valence-electron chi connectivity index (χ3n) is 3.04. The van der Waals surface area contributed by atoms with E-state index in [1.165, 1.54) is 17.9 Å². The molecule has 0 radical (unpaired) electrons. The van der Waals surface area contributed by atoms with Crippen molar-refractivity contribution in [1.29, 1.82) is 0 Å². The monoisotopic (exact) mass is 264 g/mol. The Morgan fingerprint density at radius 1 is 1.50 bits per heavy atom. The molecule has 18 heavy (non-hydrogen) atoms. The molecule has 0 saturated carbocycles. The molecule has 1 fully saturated rings. The minimum Gasteiger partial charge on any atom is -0.325 e. The molecule has 1 aromatic carbocycles. The quantitative estimate of drug-likeness (QED) is 0.857. The molecular weight excluding hydrogens is 244 g/mol. The predicted octanol–water partition coefficient (Wildman–Crippen LogP) is 2.28. The summed E-state index contributed by atoms with van der Waals surface area (Å²) in [6.45, 7) is 3.37. The second-order valence-electron chi connectivity index (χ2n) is 4.78. The van der Waals surface area contributed by atoms with Crippen LogP contribution in [0.2, 0.25) is 0 Å². The third-order valence-corrected chi connectivity index (χ3v) is 4.28. The first-order valence-electron chi connectivity index (χ1n) is 6.39. The summed E-state index contributed by atoms with van der Waals surface area (Å²) in [6.07, 6.45) is 1.27. The largest absolute Gasteiger partial charge is 0.325 e. The van der Waals surface area contributed by atoms with Crippen LogP contribution in [-0.2, 0) is 4.79 Å². The SMILES string of the molecule is Cc1cccc(NC(=O)CNCC2CCSC2)c1. The molecule has 0 bridgehead atoms. The van der Waals surface area contributed by atoms with Crippen molar-refractivity contribution in [3.8, 4) is 0 Å². The lowest BCUT2D eigenvalue weighted by molar-refractivity contribution is -0.115. The van der Waals surface area contributed by atoms with Crippen LogP contribution in [0.4, 0.5) is 5.69 Å². The van der Waals surface area contributed by atoms with Crippen LogP contribution in [0.15, 0.2) is 24.3 Å². The van der Waals surface area contributed by atoms with E-state index in [1.807, 2.05) is 43.0 Å². The maximum absolute atomic E-state index is 11.7. The van der Waals surface area contributed by atoms with E-state index in [0.29, 0.717) is 6.54 Å². The molecule has 1 heterocycles. The van der Waals surface area contributed by atoms with Gasteiger partial charge in [-0.2, -0.15) is 11.8 Å². The number of anilines is 1. The number of rotatable bonds is 5. The molecule has 1 aliphatic heterocycles. The van der Waals surface area contributed by atoms with Gasteiger partial charge in [0.25, 0.3) is 0 Å². The number of carbonyl (C=O) groups is 1. The van der Waals surface area contributed by atoms with Gasteiger partial charge in [0.05, 0.1) is 6.54 Å². The Bertz CT molecular complexity index is 403. The number of hydrogen-bond acceptors (Lipinski definition) is 3. The maximum Gasteiger partial charge on any atom is 0.238 e. The summed E-state index contributed by atoms with van der Waals surface area (Å²) in [5.74, 6) is 3.27. The highest BCUT2D eigenvalue weighted by Gasteiger charge is 2.15. The smallest absolute Gasteiger partial charge is 0.238 e. The summed E-state index contributed by atoms with van der Waals surface area (Å²) in [5.41, 5.74) is 2.03. The van der Waals surface area contributed by atoms with Crippen LogP contribution in [0.5, 0.6) is 0 Å². The minimum atomic E-state index is 0.0336. The van der Waals surface area contributed by atoms with Crippen LogP contribution in [-0.4, -0.2) is 30.5 Å². The van der Waals surface area contributed by atoms with Crippen molar-refractivity contribution in [2.24, 2.45) is 5.92 Å². The fourth-order valence-electron chi connectivity index (χ4n) is 2.06. The molecule has 1 saturated heterocycles. The topological polar surface area (TPSA) is 41.1 Å². The number of thioether (sulfide) groups is 1. The Hall–Kier alpha value is -1.00. The Morgan fingerprint density at radius 2 is 2.39 bits per heavy atom. The van der Waals surface area contributed by atoms with Gasteiger partial charge in [-0.05, 0) is 55.0 Å². The molecule has 1 unspecified atom stereocenters. The minimum absolute atomic E-state index is 0.0336. The van der Waals surface area contributed by atoms with E-state index in [-0.39, 0.29) is 5.91 Å². The summed E-state index contributed by atoms with van der Waals surface area (Å²) in [6, 6.07) is 7.86. The zero-order chi connectivity index (χ0) is 12.8. The van der Waals surface area contributed by atoms with Gasteiger partial charge in [0.15, 0.2) is 0 Å². The highest BCUT2D eigenvalue weighted by molar-refractivity contribution is 7.99. The van der Waals surface area contributed by atoms with Gasteiger partial charge >= 0.3 is 0 Å². The van der Waals surface area contributed by atoms with E-state index >= 15 is 0 Å². The molecule has 0 aromatic heterocycles. The molecule has 98 valence electrons. The van der Waals surface area contributed by atoms with Gasteiger partial charge < -0.3 is 10.6 Å². The zero-order valence-corrected chi connectivity index (χ0v) is 11.6. The lowest BCUT2D eigenvalue weighted by atomic mass is 10.1. The predicted molar refractivity (Wildman–Crippen MR) is 78.1 cm³/mol. The molecule has 2 rings (SSSR count). The average molecular weight is 264 g/mol. The highest BCUT2D eigenvalue weighted by Crippen LogP contribution is 2.22. The van der Waals surface area contributed by atoms with Gasteiger partial charge in [-0.15, -0.1) is 0 Å². The molecule has 1 atom stereocenters. The molecule has 2 N–H and O–H groups in total. The van der Waals surface area contributed by atoms with Crippen LogP contribution in [0.3, 0.4) is 0 Å². The van der Waals surface area contributed by atoms with Gasteiger partial charge in [0.2, 0.25) is 5.91 Å². The summed E-state index contributed by atoms with van der Waals surface area (Å²) >= 11 is 2.00. The van der Waals surface area contributed by atoms with E-state index in [0.717, 1.165) is 23.7 Å². The second-order valence-corrected chi connectivity index (χ2v) is 5.93. The lowest BCUT2D eigenvalue weighted by Crippen LogP contribution is -2.31. The molecule has 4 heteroatoms. The Labute approximate surface area is 113 Å². The van der Waals surface area contributed by atoms with E-state index in [4.69, 9.17) is 0 Å². The van der Waals surface area contributed by atoms with Crippen molar-refractivity contribution in [3.63, 3.8) is 0 Å². The molecule has 0 aliphatic carbocycles. The standard InChI is InChI=1S/C14H20N2OS/c1-11-3-2-4-13(7-11)16-14(17)9-15-8-12-5-6-18-10-12/h2-4,7,12,15H,5-6,8-10H2,1H3,(H,16,17). The summed E-state index contributed by atoms with van der Waals surface area (Å²) in [7, 11) is 0. The second kappa shape index (κ2) is 6.81. The first kappa shape index (κ1) is 13.4. The van der Waals surface area contributed by atoms with E-state index in [1.54, 1.807) is 0 Å². The van der Waals surface area contributed by atoms with Crippen molar-refractivity contribution >= 4 is 23.4 Å². The van der Waals surface area contributed by atoms with Crippen molar-refractivity contribution in [3.05, 3.63) is 29.8 Å². The van der Waals surface area contributed by atoms with E-state index < -0.39 is 0 Å². The van der Waals surface area contributed by atoms with Crippen LogP contribution in [0.25, 0.3) is 0 Å². The normalized spacial score (nSPS) is 18.8. The Kier molecular flexibility index (Phi) is 5.08. The Morgan fingerprint density at radius 3 is 3.11 bits per heavy atom. The van der Waals surface area contributed by atoms with Gasteiger partial charge in [0, 0.05) is 5.69 Å². The first-order valence-corrected chi connectivity index (χ1v) is 7.54. The molecule has 1 amide bonds. The third kappa shape index (κ3) is 4.35. The van der Waals surface area contributed by atoms with Gasteiger partial charge in [-0.25, -0.2) is 0 Å². The molecule has 3 nitrogen and oxygen atoms in total. The van der Waals surface area contributed by atoms with Crippen molar-refractivity contribution in [2.45, 2.75) is 13.3 Å². The van der Waals surface area contributed by atoms with Crippen LogP contribution in [0.1, 0.15) is 12.0 Å². The maximum atomic E-state index is 11.7. The highest BCUT2D eigenvalue weighted by atomic mass is 32.2. The number of nitrogens with one attached hydrogen (secondary N) is 2. The van der Waals surface area contributed by atoms with Crippen LogP contribution < -0.4 is 10.6 Å². The fourth-order valence-corrected chi connectivity index (χ4v) is 3.35. The van der Waals surface area contributed by atoms with Gasteiger partial charge in [-0.1, -0.05) is 12.1 Å². The number of amides is 1. The molecule has 0 spiro atoms. The number of benzene rings is 1. The average Bonchev–Trinajstić information content (AvgIpc) is 2.82. The van der Waals surface area contributed by atoms with Crippen molar-refractivity contribution in [2.75, 3.05) is 29.9 Å². The Balaban J connectivity index is 1.68. The molecule has 1 aliphatic rings. The number of aryl methyl sites for hydroxylation is 1. The fraction of sp³-hybridized carbons (Fsp3) is 0.500. The van der Waals surface area contributed by atoms with Crippen LogP contribution >= 0.6 is 11.8 Å². The van der Waals surface area contributed by atoms with Gasteiger partial charge in [-0.3, -0.25) is 4.79 Å². The molecule has 1 aromatic rings.